The number of carbonyl (C=O) groups excluding carboxylic acids is 1. The minimum absolute atomic E-state index is 0.0952. The Morgan fingerprint density at radius 2 is 2.19 bits per heavy atom. The van der Waals surface area contributed by atoms with E-state index >= 15 is 0 Å². The molecule has 0 spiro atoms. The van der Waals surface area contributed by atoms with Gasteiger partial charge >= 0.3 is 6.09 Å². The van der Waals surface area contributed by atoms with Crippen LogP contribution < -0.4 is 16.8 Å². The van der Waals surface area contributed by atoms with Crippen LogP contribution in [0.1, 0.15) is 33.6 Å². The Kier molecular flexibility index (Phi) is 3.80. The monoisotopic (exact) mass is 227 g/mol. The minimum atomic E-state index is -0.488. The summed E-state index contributed by atoms with van der Waals surface area (Å²) in [5.41, 5.74) is 11.8. The molecule has 0 bridgehead atoms. The van der Waals surface area contributed by atoms with Gasteiger partial charge < -0.3 is 21.5 Å². The third-order valence-corrected chi connectivity index (χ3v) is 2.32. The van der Waals surface area contributed by atoms with Crippen molar-refractivity contribution in [2.24, 2.45) is 11.5 Å². The van der Waals surface area contributed by atoms with Crippen molar-refractivity contribution in [1.29, 1.82) is 0 Å². The van der Waals surface area contributed by atoms with Gasteiger partial charge in [-0.2, -0.15) is 0 Å². The summed E-state index contributed by atoms with van der Waals surface area (Å²) in [4.78, 5) is 11.5. The average molecular weight is 227 g/mol. The van der Waals surface area contributed by atoms with Crippen LogP contribution in [0, 0.1) is 0 Å². The average Bonchev–Trinajstić information content (AvgIpc) is 2.06. The van der Waals surface area contributed by atoms with Crippen molar-refractivity contribution in [2.45, 2.75) is 51.3 Å². The van der Waals surface area contributed by atoms with Crippen molar-refractivity contribution in [3.8, 4) is 0 Å². The predicted octanol–water partition coefficient (Wildman–Crippen LogP) is 0.843. The fourth-order valence-corrected chi connectivity index (χ4v) is 1.58. The second kappa shape index (κ2) is 4.74. The fourth-order valence-electron chi connectivity index (χ4n) is 1.58. The molecule has 0 heterocycles. The highest BCUT2D eigenvalue weighted by Gasteiger charge is 2.25. The normalized spacial score (nSPS) is 25.9. The first-order valence-electron chi connectivity index (χ1n) is 5.47. The quantitative estimate of drug-likeness (QED) is 0.619. The molecule has 5 N–H and O–H groups in total. The second-order valence-electron chi connectivity index (χ2n) is 5.14. The molecule has 1 rings (SSSR count). The van der Waals surface area contributed by atoms with Crippen LogP contribution in [0.2, 0.25) is 0 Å². The van der Waals surface area contributed by atoms with Crippen LogP contribution >= 0.6 is 0 Å². The Morgan fingerprint density at radius 3 is 2.69 bits per heavy atom. The van der Waals surface area contributed by atoms with Gasteiger partial charge in [0.2, 0.25) is 0 Å². The highest BCUT2D eigenvalue weighted by molar-refractivity contribution is 5.68. The van der Waals surface area contributed by atoms with Crippen LogP contribution in [0.25, 0.3) is 0 Å². The van der Waals surface area contributed by atoms with E-state index in [1.165, 1.54) is 0 Å². The summed E-state index contributed by atoms with van der Waals surface area (Å²) in [6.45, 7) is 5.47. The highest BCUT2D eigenvalue weighted by Crippen LogP contribution is 2.14. The first-order chi connectivity index (χ1) is 7.28. The summed E-state index contributed by atoms with van der Waals surface area (Å²) in [7, 11) is 0. The predicted molar refractivity (Wildman–Crippen MR) is 62.6 cm³/mol. The largest absolute Gasteiger partial charge is 0.444 e. The zero-order chi connectivity index (χ0) is 12.3. The summed E-state index contributed by atoms with van der Waals surface area (Å²) < 4.78 is 5.16. The van der Waals surface area contributed by atoms with Crippen LogP contribution in [0.5, 0.6) is 0 Å². The number of hydrogen-bond acceptors (Lipinski definition) is 4. The van der Waals surface area contributed by atoms with Gasteiger partial charge in [0, 0.05) is 18.2 Å². The molecule has 0 aliphatic heterocycles. The van der Waals surface area contributed by atoms with E-state index in [-0.39, 0.29) is 12.1 Å². The Morgan fingerprint density at radius 1 is 1.56 bits per heavy atom. The number of alkyl carbamates (subject to hydrolysis) is 1. The number of carbonyl (C=O) groups is 1. The van der Waals surface area contributed by atoms with Crippen LogP contribution in [-0.4, -0.2) is 23.8 Å². The number of rotatable bonds is 1. The van der Waals surface area contributed by atoms with E-state index in [2.05, 4.69) is 5.32 Å². The van der Waals surface area contributed by atoms with E-state index < -0.39 is 11.7 Å². The second-order valence-corrected chi connectivity index (χ2v) is 5.14. The lowest BCUT2D eigenvalue weighted by atomic mass is 9.95. The molecular weight excluding hydrogens is 206 g/mol. The number of hydrogen-bond donors (Lipinski definition) is 3. The van der Waals surface area contributed by atoms with E-state index in [9.17, 15) is 4.79 Å². The Hall–Kier alpha value is -1.23. The third kappa shape index (κ3) is 4.10. The van der Waals surface area contributed by atoms with E-state index in [1.807, 2.05) is 26.8 Å². The molecule has 92 valence electrons. The molecule has 2 unspecified atom stereocenters. The van der Waals surface area contributed by atoms with Crippen molar-refractivity contribution < 1.29 is 9.53 Å². The molecule has 1 aliphatic rings. The topological polar surface area (TPSA) is 90.4 Å². The van der Waals surface area contributed by atoms with Crippen molar-refractivity contribution in [1.82, 2.24) is 5.32 Å². The molecular formula is C11H21N3O2. The van der Waals surface area contributed by atoms with E-state index in [0.29, 0.717) is 12.8 Å². The molecule has 1 aliphatic carbocycles. The third-order valence-electron chi connectivity index (χ3n) is 2.32. The lowest BCUT2D eigenvalue weighted by Gasteiger charge is -2.29. The van der Waals surface area contributed by atoms with Gasteiger partial charge in [0.05, 0.1) is 6.04 Å². The zero-order valence-electron chi connectivity index (χ0n) is 10.1. The standard InChI is InChI=1S/C11H21N3O2/c1-11(2,3)16-10(15)14-9-5-4-7(12)6-8(9)13/h4,8-9H,5-6,12-13H2,1-3H3,(H,14,15). The van der Waals surface area contributed by atoms with Crippen molar-refractivity contribution in [3.05, 3.63) is 11.8 Å². The van der Waals surface area contributed by atoms with Crippen LogP contribution in [0.3, 0.4) is 0 Å². The van der Waals surface area contributed by atoms with Crippen LogP contribution in [-0.2, 0) is 4.74 Å². The van der Waals surface area contributed by atoms with Gasteiger partial charge in [-0.3, -0.25) is 0 Å². The summed E-state index contributed by atoms with van der Waals surface area (Å²) in [6, 6.07) is -0.236. The molecule has 1 amide bonds. The molecule has 5 nitrogen and oxygen atoms in total. The van der Waals surface area contributed by atoms with E-state index in [0.717, 1.165) is 5.70 Å². The van der Waals surface area contributed by atoms with Crippen molar-refractivity contribution in [3.63, 3.8) is 0 Å². The lowest BCUT2D eigenvalue weighted by Crippen LogP contribution is -2.50. The van der Waals surface area contributed by atoms with Crippen molar-refractivity contribution in [2.75, 3.05) is 0 Å². The maximum Gasteiger partial charge on any atom is 0.407 e. The molecule has 0 aromatic heterocycles. The molecule has 0 saturated heterocycles. The number of nitrogens with two attached hydrogens (primary N) is 2. The summed E-state index contributed by atoms with van der Waals surface area (Å²) in [6.07, 6.45) is 2.74. The zero-order valence-corrected chi connectivity index (χ0v) is 10.1. The summed E-state index contributed by atoms with van der Waals surface area (Å²) in [5.74, 6) is 0. The molecule has 5 heteroatoms. The SMILES string of the molecule is CC(C)(C)OC(=O)NC1CC=C(N)CC1N. The smallest absolute Gasteiger partial charge is 0.407 e. The summed E-state index contributed by atoms with van der Waals surface area (Å²) in [5, 5.41) is 2.76. The summed E-state index contributed by atoms with van der Waals surface area (Å²) >= 11 is 0. The van der Waals surface area contributed by atoms with Crippen LogP contribution in [0.4, 0.5) is 4.79 Å². The molecule has 0 aromatic rings. The Balaban J connectivity index is 2.46. The van der Waals surface area contributed by atoms with Gasteiger partial charge in [-0.15, -0.1) is 0 Å². The minimum Gasteiger partial charge on any atom is -0.444 e. The molecule has 0 radical (unpaired) electrons. The van der Waals surface area contributed by atoms with E-state index in [4.69, 9.17) is 16.2 Å². The lowest BCUT2D eigenvalue weighted by molar-refractivity contribution is 0.0495. The molecule has 0 saturated carbocycles. The Labute approximate surface area is 96.2 Å². The van der Waals surface area contributed by atoms with Gasteiger partial charge in [0.25, 0.3) is 0 Å². The van der Waals surface area contributed by atoms with Gasteiger partial charge in [-0.25, -0.2) is 4.79 Å². The molecule has 0 fully saturated rings. The van der Waals surface area contributed by atoms with Gasteiger partial charge in [0.15, 0.2) is 0 Å². The Bertz CT molecular complexity index is 294. The number of amides is 1. The number of ether oxygens (including phenoxy) is 1. The fraction of sp³-hybridized carbons (Fsp3) is 0.727. The van der Waals surface area contributed by atoms with Crippen LogP contribution in [0.15, 0.2) is 11.8 Å². The van der Waals surface area contributed by atoms with Gasteiger partial charge in [-0.05, 0) is 27.2 Å². The maximum atomic E-state index is 11.5. The van der Waals surface area contributed by atoms with Gasteiger partial charge in [0.1, 0.15) is 5.60 Å². The van der Waals surface area contributed by atoms with E-state index in [1.54, 1.807) is 0 Å². The molecule has 0 aromatic carbocycles. The first-order valence-corrected chi connectivity index (χ1v) is 5.47. The first kappa shape index (κ1) is 12.8. The number of nitrogens with one attached hydrogen (secondary N) is 1. The van der Waals surface area contributed by atoms with Crippen molar-refractivity contribution >= 4 is 6.09 Å². The van der Waals surface area contributed by atoms with Gasteiger partial charge in [-0.1, -0.05) is 6.08 Å². The highest BCUT2D eigenvalue weighted by atomic mass is 16.6. The molecule has 16 heavy (non-hydrogen) atoms. The molecule has 2 atom stereocenters. The maximum absolute atomic E-state index is 11.5.